The van der Waals surface area contributed by atoms with Gasteiger partial charge in [-0.1, -0.05) is 0 Å². The van der Waals surface area contributed by atoms with Crippen LogP contribution in [-0.2, 0) is 22.6 Å². The molecule has 2 saturated heterocycles. The van der Waals surface area contributed by atoms with Gasteiger partial charge in [-0.25, -0.2) is 9.97 Å². The molecule has 7 nitrogen and oxygen atoms in total. The zero-order valence-corrected chi connectivity index (χ0v) is 17.1. The molecule has 2 fully saturated rings. The molecule has 0 aliphatic carbocycles. The Hall–Kier alpha value is -2.02. The Balaban J connectivity index is 1.35. The van der Waals surface area contributed by atoms with Crippen molar-refractivity contribution in [3.63, 3.8) is 0 Å². The third-order valence-electron chi connectivity index (χ3n) is 6.62. The molecule has 0 saturated carbocycles. The fraction of sp³-hybridized carbons (Fsp3) is 0.714. The van der Waals surface area contributed by atoms with Crippen LogP contribution >= 0.6 is 0 Å². The summed E-state index contributed by atoms with van der Waals surface area (Å²) in [6.45, 7) is 8.70. The minimum Gasteiger partial charge on any atom is -0.341 e. The highest BCUT2D eigenvalue weighted by Crippen LogP contribution is 2.28. The summed E-state index contributed by atoms with van der Waals surface area (Å²) < 4.78 is 0. The lowest BCUT2D eigenvalue weighted by molar-refractivity contribution is -0.137. The lowest BCUT2D eigenvalue weighted by Gasteiger charge is -2.35. The van der Waals surface area contributed by atoms with E-state index in [2.05, 4.69) is 16.8 Å². The predicted octanol–water partition coefficient (Wildman–Crippen LogP) is 1.57. The average molecular weight is 386 g/mol. The first-order valence-electron chi connectivity index (χ1n) is 10.7. The summed E-state index contributed by atoms with van der Waals surface area (Å²) in [5, 5.41) is 0. The predicted molar refractivity (Wildman–Crippen MR) is 106 cm³/mol. The fourth-order valence-electron chi connectivity index (χ4n) is 4.70. The van der Waals surface area contributed by atoms with E-state index < -0.39 is 0 Å². The van der Waals surface area contributed by atoms with Gasteiger partial charge < -0.3 is 9.80 Å². The van der Waals surface area contributed by atoms with Crippen molar-refractivity contribution in [2.45, 2.75) is 64.5 Å². The molecular formula is C21H31N5O2. The van der Waals surface area contributed by atoms with Crippen LogP contribution in [-0.4, -0.2) is 75.2 Å². The molecule has 0 bridgehead atoms. The summed E-state index contributed by atoms with van der Waals surface area (Å²) >= 11 is 0. The van der Waals surface area contributed by atoms with E-state index in [1.165, 1.54) is 12.8 Å². The van der Waals surface area contributed by atoms with Gasteiger partial charge in [0.15, 0.2) is 0 Å². The van der Waals surface area contributed by atoms with Crippen LogP contribution in [0.15, 0.2) is 6.20 Å². The number of hydrogen-bond donors (Lipinski definition) is 0. The smallest absolute Gasteiger partial charge is 0.239 e. The van der Waals surface area contributed by atoms with Crippen molar-refractivity contribution in [2.24, 2.45) is 0 Å². The molecule has 1 aromatic rings. The fourth-order valence-corrected chi connectivity index (χ4v) is 4.70. The molecule has 28 heavy (non-hydrogen) atoms. The zero-order valence-electron chi connectivity index (χ0n) is 17.1. The third-order valence-corrected chi connectivity index (χ3v) is 6.62. The normalized spacial score (nSPS) is 22.2. The van der Waals surface area contributed by atoms with Gasteiger partial charge in [-0.15, -0.1) is 0 Å². The number of likely N-dealkylation sites (tertiary alicyclic amines) is 2. The molecule has 1 aromatic heterocycles. The minimum absolute atomic E-state index is 0.00302. The van der Waals surface area contributed by atoms with E-state index in [1.54, 1.807) is 6.92 Å². The zero-order chi connectivity index (χ0) is 19.7. The lowest BCUT2D eigenvalue weighted by atomic mass is 9.95. The quantitative estimate of drug-likeness (QED) is 0.790. The maximum Gasteiger partial charge on any atom is 0.239 e. The van der Waals surface area contributed by atoms with Gasteiger partial charge in [-0.05, 0) is 45.7 Å². The number of carbonyl (C=O) groups is 2. The van der Waals surface area contributed by atoms with Gasteiger partial charge in [0.05, 0.1) is 11.7 Å². The summed E-state index contributed by atoms with van der Waals surface area (Å²) in [5.74, 6) is 1.61. The molecule has 152 valence electrons. The molecule has 1 unspecified atom stereocenters. The van der Waals surface area contributed by atoms with Crippen LogP contribution in [0.5, 0.6) is 0 Å². The van der Waals surface area contributed by atoms with E-state index in [1.807, 2.05) is 16.0 Å². The summed E-state index contributed by atoms with van der Waals surface area (Å²) in [6.07, 6.45) is 6.97. The molecule has 3 aliphatic heterocycles. The highest BCUT2D eigenvalue weighted by Gasteiger charge is 2.32. The number of rotatable bonds is 3. The number of piperidine rings is 1. The lowest BCUT2D eigenvalue weighted by Crippen LogP contribution is -2.48. The molecule has 7 heteroatoms. The van der Waals surface area contributed by atoms with Crippen LogP contribution in [0.25, 0.3) is 0 Å². The second-order valence-corrected chi connectivity index (χ2v) is 8.41. The molecular weight excluding hydrogens is 354 g/mol. The maximum atomic E-state index is 12.8. The number of hydrogen-bond acceptors (Lipinski definition) is 5. The van der Waals surface area contributed by atoms with Crippen molar-refractivity contribution in [1.82, 2.24) is 24.7 Å². The van der Waals surface area contributed by atoms with Crippen LogP contribution in [0.4, 0.5) is 0 Å². The van der Waals surface area contributed by atoms with Crippen LogP contribution in [0, 0.1) is 0 Å². The Morgan fingerprint density at radius 3 is 2.46 bits per heavy atom. The number of carbonyl (C=O) groups excluding carboxylic acids is 2. The summed E-state index contributed by atoms with van der Waals surface area (Å²) in [4.78, 5) is 40.1. The monoisotopic (exact) mass is 385 g/mol. The van der Waals surface area contributed by atoms with Crippen molar-refractivity contribution in [3.05, 3.63) is 23.3 Å². The topological polar surface area (TPSA) is 69.6 Å². The van der Waals surface area contributed by atoms with E-state index in [9.17, 15) is 9.59 Å². The van der Waals surface area contributed by atoms with Gasteiger partial charge in [0, 0.05) is 57.2 Å². The molecule has 4 rings (SSSR count). The first-order chi connectivity index (χ1) is 13.5. The molecule has 2 amide bonds. The second kappa shape index (κ2) is 8.15. The molecule has 0 aromatic carbocycles. The van der Waals surface area contributed by atoms with Gasteiger partial charge in [-0.2, -0.15) is 0 Å². The van der Waals surface area contributed by atoms with Crippen molar-refractivity contribution in [1.29, 1.82) is 0 Å². The Bertz CT molecular complexity index is 738. The molecule has 0 spiro atoms. The van der Waals surface area contributed by atoms with Gasteiger partial charge in [-0.3, -0.25) is 14.5 Å². The Morgan fingerprint density at radius 2 is 1.79 bits per heavy atom. The molecule has 4 heterocycles. The van der Waals surface area contributed by atoms with Crippen molar-refractivity contribution in [3.8, 4) is 0 Å². The molecule has 1 atom stereocenters. The van der Waals surface area contributed by atoms with E-state index in [4.69, 9.17) is 4.98 Å². The Labute approximate surface area is 167 Å². The maximum absolute atomic E-state index is 12.8. The van der Waals surface area contributed by atoms with Gasteiger partial charge >= 0.3 is 0 Å². The van der Waals surface area contributed by atoms with E-state index in [-0.39, 0.29) is 17.9 Å². The first kappa shape index (κ1) is 19.3. The Morgan fingerprint density at radius 1 is 1.07 bits per heavy atom. The molecule has 0 radical (unpaired) electrons. The summed E-state index contributed by atoms with van der Waals surface area (Å²) in [7, 11) is 0. The minimum atomic E-state index is 0.00302. The average Bonchev–Trinajstić information content (AvgIpc) is 3.27. The largest absolute Gasteiger partial charge is 0.341 e. The van der Waals surface area contributed by atoms with E-state index in [0.29, 0.717) is 12.5 Å². The van der Waals surface area contributed by atoms with Crippen LogP contribution in [0.3, 0.4) is 0 Å². The summed E-state index contributed by atoms with van der Waals surface area (Å²) in [6, 6.07) is 0.00302. The SMILES string of the molecule is CC(=O)N1CCc2nc(C3CCN(C(=O)C(C)N4CCCC4)CC3)ncc2C1. The van der Waals surface area contributed by atoms with Crippen molar-refractivity contribution in [2.75, 3.05) is 32.7 Å². The van der Waals surface area contributed by atoms with E-state index >= 15 is 0 Å². The molecule has 3 aliphatic rings. The van der Waals surface area contributed by atoms with Crippen LogP contribution in [0.2, 0.25) is 0 Å². The van der Waals surface area contributed by atoms with Gasteiger partial charge in [0.1, 0.15) is 5.82 Å². The number of amides is 2. The van der Waals surface area contributed by atoms with Gasteiger partial charge in [0.25, 0.3) is 0 Å². The number of aromatic nitrogens is 2. The summed E-state index contributed by atoms with van der Waals surface area (Å²) in [5.41, 5.74) is 2.15. The van der Waals surface area contributed by atoms with E-state index in [0.717, 1.165) is 69.1 Å². The van der Waals surface area contributed by atoms with Crippen molar-refractivity contribution >= 4 is 11.8 Å². The standard InChI is InChI=1S/C21H31N5O2/c1-15(24-8-3-4-9-24)21(28)25-10-5-17(6-11-25)20-22-13-18-14-26(16(2)27)12-7-19(18)23-20/h13,15,17H,3-12,14H2,1-2H3. The third kappa shape index (κ3) is 3.90. The number of nitrogens with zero attached hydrogens (tertiary/aromatic N) is 5. The highest BCUT2D eigenvalue weighted by atomic mass is 16.2. The first-order valence-corrected chi connectivity index (χ1v) is 10.7. The van der Waals surface area contributed by atoms with Gasteiger partial charge in [0.2, 0.25) is 11.8 Å². The molecule has 0 N–H and O–H groups in total. The number of fused-ring (bicyclic) bond motifs is 1. The Kier molecular flexibility index (Phi) is 5.62. The van der Waals surface area contributed by atoms with Crippen LogP contribution < -0.4 is 0 Å². The van der Waals surface area contributed by atoms with Crippen molar-refractivity contribution < 1.29 is 9.59 Å². The highest BCUT2D eigenvalue weighted by molar-refractivity contribution is 5.81. The van der Waals surface area contributed by atoms with Crippen LogP contribution in [0.1, 0.15) is 62.5 Å². The second-order valence-electron chi connectivity index (χ2n) is 8.41.